The summed E-state index contributed by atoms with van der Waals surface area (Å²) in [5.41, 5.74) is 3.18. The summed E-state index contributed by atoms with van der Waals surface area (Å²) < 4.78 is 0. The zero-order valence-corrected chi connectivity index (χ0v) is 12.5. The molecule has 2 heterocycles. The maximum absolute atomic E-state index is 5.45. The van der Waals surface area contributed by atoms with Crippen molar-refractivity contribution in [2.75, 3.05) is 13.1 Å². The molecule has 5 heteroatoms. The third-order valence-electron chi connectivity index (χ3n) is 3.64. The van der Waals surface area contributed by atoms with Crippen LogP contribution in [0, 0.1) is 6.92 Å². The van der Waals surface area contributed by atoms with E-state index in [1.807, 2.05) is 0 Å². The molecule has 0 bridgehead atoms. The van der Waals surface area contributed by atoms with Crippen LogP contribution in [0.2, 0.25) is 0 Å². The van der Waals surface area contributed by atoms with Crippen LogP contribution in [0.1, 0.15) is 24.0 Å². The third kappa shape index (κ3) is 2.81. The summed E-state index contributed by atoms with van der Waals surface area (Å²) in [5.74, 6) is 0. The number of aliphatic imine (C=N–C) groups is 1. The lowest BCUT2D eigenvalue weighted by Gasteiger charge is -2.31. The molecule has 2 N–H and O–H groups in total. The summed E-state index contributed by atoms with van der Waals surface area (Å²) >= 11 is 5.45. The molecule has 2 aliphatic rings. The highest BCUT2D eigenvalue weighted by Gasteiger charge is 2.38. The van der Waals surface area contributed by atoms with E-state index in [0.717, 1.165) is 42.2 Å². The number of halogens is 1. The van der Waals surface area contributed by atoms with E-state index in [0.29, 0.717) is 0 Å². The predicted molar refractivity (Wildman–Crippen MR) is 85.5 cm³/mol. The minimum atomic E-state index is -0.150. The molecular formula is C14H18ClN3S. The van der Waals surface area contributed by atoms with Gasteiger partial charge < -0.3 is 10.6 Å². The fourth-order valence-corrected chi connectivity index (χ4v) is 2.90. The highest BCUT2D eigenvalue weighted by atomic mass is 35.5. The Labute approximate surface area is 125 Å². The third-order valence-corrected chi connectivity index (χ3v) is 3.94. The molecule has 0 radical (unpaired) electrons. The molecule has 1 saturated heterocycles. The van der Waals surface area contributed by atoms with Gasteiger partial charge in [-0.15, -0.1) is 12.4 Å². The minimum absolute atomic E-state index is 0. The van der Waals surface area contributed by atoms with Crippen molar-refractivity contribution in [2.24, 2.45) is 4.99 Å². The Morgan fingerprint density at radius 1 is 1.16 bits per heavy atom. The fourth-order valence-electron chi connectivity index (χ4n) is 2.55. The first-order chi connectivity index (χ1) is 8.69. The number of nitrogens with zero attached hydrogens (tertiary/aromatic N) is 1. The monoisotopic (exact) mass is 295 g/mol. The Kier molecular flexibility index (Phi) is 4.23. The topological polar surface area (TPSA) is 36.4 Å². The molecule has 1 aromatic carbocycles. The zero-order chi connectivity index (χ0) is 12.6. The number of thiocarbonyl (C=S) groups is 1. The van der Waals surface area contributed by atoms with Gasteiger partial charge in [0.05, 0.1) is 0 Å². The van der Waals surface area contributed by atoms with Gasteiger partial charge in [-0.2, -0.15) is 0 Å². The van der Waals surface area contributed by atoms with Crippen molar-refractivity contribution in [1.29, 1.82) is 0 Å². The van der Waals surface area contributed by atoms with Crippen LogP contribution >= 0.6 is 24.6 Å². The number of hydrogen-bond donors (Lipinski definition) is 2. The maximum Gasteiger partial charge on any atom is 0.133 e. The first-order valence-electron chi connectivity index (χ1n) is 6.39. The van der Waals surface area contributed by atoms with E-state index in [1.165, 1.54) is 5.56 Å². The number of nitrogens with one attached hydrogen (secondary N) is 2. The first kappa shape index (κ1) is 14.4. The van der Waals surface area contributed by atoms with Gasteiger partial charge in [0.1, 0.15) is 16.4 Å². The van der Waals surface area contributed by atoms with Crippen LogP contribution in [0.5, 0.6) is 0 Å². The van der Waals surface area contributed by atoms with Crippen LogP contribution in [0.3, 0.4) is 0 Å². The fraction of sp³-hybridized carbons (Fsp3) is 0.429. The summed E-state index contributed by atoms with van der Waals surface area (Å²) in [4.78, 5) is 5.68. The van der Waals surface area contributed by atoms with Crippen LogP contribution in [-0.4, -0.2) is 29.5 Å². The zero-order valence-electron chi connectivity index (χ0n) is 10.9. The van der Waals surface area contributed by atoms with Crippen LogP contribution in [0.15, 0.2) is 29.3 Å². The molecule has 0 amide bonds. The second-order valence-electron chi connectivity index (χ2n) is 5.06. The highest BCUT2D eigenvalue weighted by molar-refractivity contribution is 7.82. The molecule has 1 spiro atoms. The van der Waals surface area contributed by atoms with Gasteiger partial charge in [0.15, 0.2) is 0 Å². The van der Waals surface area contributed by atoms with Crippen molar-refractivity contribution < 1.29 is 0 Å². The Morgan fingerprint density at radius 3 is 2.42 bits per heavy atom. The van der Waals surface area contributed by atoms with Crippen molar-refractivity contribution in [1.82, 2.24) is 10.6 Å². The molecule has 1 fully saturated rings. The van der Waals surface area contributed by atoms with Crippen molar-refractivity contribution in [3.05, 3.63) is 35.4 Å². The minimum Gasteiger partial charge on any atom is -0.350 e. The number of benzene rings is 1. The van der Waals surface area contributed by atoms with Gasteiger partial charge in [-0.05, 0) is 20.0 Å². The quantitative estimate of drug-likeness (QED) is 0.780. The lowest BCUT2D eigenvalue weighted by atomic mass is 10.00. The molecule has 0 unspecified atom stereocenters. The molecule has 0 aliphatic carbocycles. The first-order valence-corrected chi connectivity index (χ1v) is 6.80. The molecule has 0 atom stereocenters. The number of hydrogen-bond acceptors (Lipinski definition) is 3. The highest BCUT2D eigenvalue weighted by Crippen LogP contribution is 2.26. The van der Waals surface area contributed by atoms with Gasteiger partial charge in [0, 0.05) is 18.4 Å². The van der Waals surface area contributed by atoms with Gasteiger partial charge in [-0.1, -0.05) is 42.0 Å². The Balaban J connectivity index is 0.00000133. The normalized spacial score (nSPS) is 20.7. The summed E-state index contributed by atoms with van der Waals surface area (Å²) in [7, 11) is 0. The maximum atomic E-state index is 5.45. The van der Waals surface area contributed by atoms with Crippen LogP contribution < -0.4 is 10.6 Å². The molecule has 1 aromatic rings. The predicted octanol–water partition coefficient (Wildman–Crippen LogP) is 2.22. The summed E-state index contributed by atoms with van der Waals surface area (Å²) in [5, 5.41) is 6.78. The Morgan fingerprint density at radius 2 is 1.79 bits per heavy atom. The second kappa shape index (κ2) is 5.57. The van der Waals surface area contributed by atoms with E-state index < -0.39 is 0 Å². The second-order valence-corrected chi connectivity index (χ2v) is 5.47. The van der Waals surface area contributed by atoms with E-state index in [9.17, 15) is 0 Å². The lowest BCUT2D eigenvalue weighted by Crippen LogP contribution is -2.49. The SMILES string of the molecule is Cc1ccc(C2=NC3(CCNCC3)NC2=S)cc1.Cl. The largest absolute Gasteiger partial charge is 0.350 e. The van der Waals surface area contributed by atoms with Gasteiger partial charge in [0.25, 0.3) is 0 Å². The van der Waals surface area contributed by atoms with Crippen LogP contribution in [0.4, 0.5) is 0 Å². The summed E-state index contributed by atoms with van der Waals surface area (Å²) in [6.45, 7) is 4.09. The number of aryl methyl sites for hydroxylation is 1. The molecule has 19 heavy (non-hydrogen) atoms. The average molecular weight is 296 g/mol. The van der Waals surface area contributed by atoms with Gasteiger partial charge in [-0.3, -0.25) is 4.99 Å². The smallest absolute Gasteiger partial charge is 0.133 e. The van der Waals surface area contributed by atoms with Crippen molar-refractivity contribution >= 4 is 35.3 Å². The van der Waals surface area contributed by atoms with E-state index in [2.05, 4.69) is 41.8 Å². The molecule has 102 valence electrons. The lowest BCUT2D eigenvalue weighted by molar-refractivity contribution is 0.300. The van der Waals surface area contributed by atoms with Crippen molar-refractivity contribution in [3.63, 3.8) is 0 Å². The van der Waals surface area contributed by atoms with Crippen molar-refractivity contribution in [2.45, 2.75) is 25.4 Å². The van der Waals surface area contributed by atoms with E-state index in [4.69, 9.17) is 17.2 Å². The molecular weight excluding hydrogens is 278 g/mol. The van der Waals surface area contributed by atoms with Crippen LogP contribution in [-0.2, 0) is 0 Å². The molecule has 2 aliphatic heterocycles. The Bertz CT molecular complexity index is 504. The van der Waals surface area contributed by atoms with Gasteiger partial charge in [0.2, 0.25) is 0 Å². The van der Waals surface area contributed by atoms with E-state index in [-0.39, 0.29) is 18.1 Å². The number of rotatable bonds is 1. The summed E-state index contributed by atoms with van der Waals surface area (Å²) in [6.07, 6.45) is 2.00. The number of piperidine rings is 1. The molecule has 0 aromatic heterocycles. The van der Waals surface area contributed by atoms with E-state index in [1.54, 1.807) is 0 Å². The Hall–Kier alpha value is -0.970. The molecule has 3 nitrogen and oxygen atoms in total. The van der Waals surface area contributed by atoms with E-state index >= 15 is 0 Å². The van der Waals surface area contributed by atoms with Gasteiger partial charge in [-0.25, -0.2) is 0 Å². The van der Waals surface area contributed by atoms with Gasteiger partial charge >= 0.3 is 0 Å². The standard InChI is InChI=1S/C14H17N3S.ClH/c1-10-2-4-11(5-3-10)12-13(18)17-14(16-12)6-8-15-9-7-14;/h2-5,15H,6-9H2,1H3,(H,17,18);1H. The molecule has 3 rings (SSSR count). The van der Waals surface area contributed by atoms with Crippen molar-refractivity contribution in [3.8, 4) is 0 Å². The average Bonchev–Trinajstić information content (AvgIpc) is 2.68. The van der Waals surface area contributed by atoms with Crippen LogP contribution in [0.25, 0.3) is 0 Å². The molecule has 0 saturated carbocycles. The summed E-state index contributed by atoms with van der Waals surface area (Å²) in [6, 6.07) is 8.41.